The molecule has 29 heavy (non-hydrogen) atoms. The van der Waals surface area contributed by atoms with Crippen LogP contribution in [-0.2, 0) is 4.79 Å². The van der Waals surface area contributed by atoms with Gasteiger partial charge in [-0.2, -0.15) is 5.26 Å². The topological polar surface area (TPSA) is 115 Å². The summed E-state index contributed by atoms with van der Waals surface area (Å²) in [6, 6.07) is 20.5. The van der Waals surface area contributed by atoms with Gasteiger partial charge in [0.2, 0.25) is 5.91 Å². The van der Waals surface area contributed by atoms with Crippen LogP contribution in [0.4, 0.5) is 0 Å². The molecule has 2 aromatic carbocycles. The van der Waals surface area contributed by atoms with E-state index in [-0.39, 0.29) is 22.5 Å². The van der Waals surface area contributed by atoms with Crippen molar-refractivity contribution >= 4 is 34.7 Å². The van der Waals surface area contributed by atoms with E-state index in [2.05, 4.69) is 6.07 Å². The highest BCUT2D eigenvalue weighted by molar-refractivity contribution is 7.07. The lowest BCUT2D eigenvalue weighted by Gasteiger charge is -2.24. The Morgan fingerprint density at radius 3 is 2.31 bits per heavy atom. The van der Waals surface area contributed by atoms with Crippen molar-refractivity contribution in [1.29, 1.82) is 5.26 Å². The molecule has 1 atom stereocenters. The van der Waals surface area contributed by atoms with Crippen LogP contribution in [0.3, 0.4) is 0 Å². The zero-order valence-corrected chi connectivity index (χ0v) is 16.0. The number of amides is 1. The third-order valence-electron chi connectivity index (χ3n) is 4.76. The van der Waals surface area contributed by atoms with Crippen molar-refractivity contribution in [3.8, 4) is 6.07 Å². The maximum Gasteiger partial charge on any atom is 0.274 e. The molecule has 0 radical (unpaired) electrons. The molecule has 0 unspecified atom stereocenters. The Morgan fingerprint density at radius 1 is 1.10 bits per heavy atom. The van der Waals surface area contributed by atoms with E-state index in [1.807, 2.05) is 48.5 Å². The lowest BCUT2D eigenvalue weighted by atomic mass is 9.83. The van der Waals surface area contributed by atoms with E-state index in [0.29, 0.717) is 14.8 Å². The van der Waals surface area contributed by atoms with Gasteiger partial charge in [0.1, 0.15) is 10.5 Å². The zero-order valence-electron chi connectivity index (χ0n) is 15.2. The molecule has 1 amide bonds. The number of aromatic nitrogens is 1. The van der Waals surface area contributed by atoms with Gasteiger partial charge in [-0.05, 0) is 17.2 Å². The Labute approximate surface area is 169 Å². The van der Waals surface area contributed by atoms with Crippen LogP contribution in [0, 0.1) is 11.3 Å². The number of hydrogen-bond donors (Lipinski definition) is 2. The molecule has 7 heteroatoms. The molecule has 1 aliphatic rings. The molecule has 1 aliphatic heterocycles. The average molecular weight is 400 g/mol. The summed E-state index contributed by atoms with van der Waals surface area (Å²) in [6.07, 6.45) is 1.73. The van der Waals surface area contributed by atoms with Crippen LogP contribution >= 0.6 is 11.3 Å². The first kappa shape index (κ1) is 18.5. The van der Waals surface area contributed by atoms with Crippen LogP contribution in [0.5, 0.6) is 0 Å². The van der Waals surface area contributed by atoms with Crippen molar-refractivity contribution in [3.63, 3.8) is 0 Å². The number of nitrogens with two attached hydrogens (primary N) is 2. The molecular formula is C22H16N4O2S. The van der Waals surface area contributed by atoms with Gasteiger partial charge in [0.15, 0.2) is 0 Å². The average Bonchev–Trinajstić information content (AvgIpc) is 3.05. The minimum Gasteiger partial charge on any atom is -0.384 e. The van der Waals surface area contributed by atoms with Crippen molar-refractivity contribution in [2.45, 2.75) is 5.92 Å². The van der Waals surface area contributed by atoms with Crippen molar-refractivity contribution < 1.29 is 4.79 Å². The normalized spacial score (nSPS) is 16.4. The van der Waals surface area contributed by atoms with E-state index in [0.717, 1.165) is 16.9 Å². The number of rotatable bonds is 3. The van der Waals surface area contributed by atoms with Gasteiger partial charge in [0.25, 0.3) is 5.56 Å². The van der Waals surface area contributed by atoms with Gasteiger partial charge < -0.3 is 11.5 Å². The molecule has 142 valence electrons. The molecule has 0 bridgehead atoms. The summed E-state index contributed by atoms with van der Waals surface area (Å²) in [6.45, 7) is 0. The summed E-state index contributed by atoms with van der Waals surface area (Å²) >= 11 is 1.14. The SMILES string of the molecule is N#CC1=C(N)n2c(s/c(=C/c3ccccc3)c2=O)=C(C(N)=O)[C@@H]1c1ccccc1. The van der Waals surface area contributed by atoms with Crippen molar-refractivity contribution in [2.24, 2.45) is 11.5 Å². The third-order valence-corrected chi connectivity index (χ3v) is 5.87. The summed E-state index contributed by atoms with van der Waals surface area (Å²) < 4.78 is 1.98. The molecule has 3 aromatic rings. The number of carbonyl (C=O) groups is 1. The van der Waals surface area contributed by atoms with E-state index < -0.39 is 11.8 Å². The lowest BCUT2D eigenvalue weighted by Crippen LogP contribution is -2.41. The minimum atomic E-state index is -0.721. The first-order valence-electron chi connectivity index (χ1n) is 8.80. The smallest absolute Gasteiger partial charge is 0.274 e. The first-order valence-corrected chi connectivity index (χ1v) is 9.62. The zero-order chi connectivity index (χ0) is 20.5. The lowest BCUT2D eigenvalue weighted by molar-refractivity contribution is -0.113. The number of primary amides is 1. The maximum absolute atomic E-state index is 13.1. The standard InChI is InChI=1S/C22H16N4O2S/c23-12-15-17(14-9-5-2-6-10-14)18(20(25)27)22-26(19(15)24)21(28)16(29-22)11-13-7-3-1-4-8-13/h1-11,17H,24H2,(H2,25,27)/b16-11+/t17-/m1/s1. The van der Waals surface area contributed by atoms with E-state index >= 15 is 0 Å². The number of allylic oxidation sites excluding steroid dienone is 1. The number of benzene rings is 2. The summed E-state index contributed by atoms with van der Waals surface area (Å²) in [4.78, 5) is 25.5. The van der Waals surface area contributed by atoms with Crippen LogP contribution in [0.2, 0.25) is 0 Å². The van der Waals surface area contributed by atoms with Crippen molar-refractivity contribution in [1.82, 2.24) is 4.57 Å². The Hall–Kier alpha value is -3.89. The van der Waals surface area contributed by atoms with Gasteiger partial charge in [-0.3, -0.25) is 14.2 Å². The highest BCUT2D eigenvalue weighted by atomic mass is 32.1. The second kappa shape index (κ2) is 7.26. The van der Waals surface area contributed by atoms with Gasteiger partial charge in [-0.1, -0.05) is 60.7 Å². The van der Waals surface area contributed by atoms with Gasteiger partial charge in [0.05, 0.1) is 27.7 Å². The number of fused-ring (bicyclic) bond motifs is 1. The Morgan fingerprint density at radius 2 is 1.72 bits per heavy atom. The fourth-order valence-corrected chi connectivity index (χ4v) is 4.65. The molecule has 0 saturated carbocycles. The predicted octanol–water partition coefficient (Wildman–Crippen LogP) is 0.823. The highest BCUT2D eigenvalue weighted by Gasteiger charge is 2.34. The molecular weight excluding hydrogens is 384 g/mol. The summed E-state index contributed by atoms with van der Waals surface area (Å²) in [5.41, 5.74) is 13.4. The Kier molecular flexibility index (Phi) is 4.63. The molecule has 4 N–H and O–H groups in total. The van der Waals surface area contributed by atoms with Crippen molar-refractivity contribution in [3.05, 3.63) is 96.9 Å². The van der Waals surface area contributed by atoms with E-state index in [9.17, 15) is 14.9 Å². The Bertz CT molecular complexity index is 1360. The van der Waals surface area contributed by atoms with Gasteiger partial charge in [0, 0.05) is 0 Å². The van der Waals surface area contributed by atoms with Crippen LogP contribution in [-0.4, -0.2) is 10.5 Å². The molecule has 0 spiro atoms. The fraction of sp³-hybridized carbons (Fsp3) is 0.0455. The van der Waals surface area contributed by atoms with Crippen molar-refractivity contribution in [2.75, 3.05) is 0 Å². The predicted molar refractivity (Wildman–Crippen MR) is 113 cm³/mol. The minimum absolute atomic E-state index is 0.0234. The summed E-state index contributed by atoms with van der Waals surface area (Å²) in [7, 11) is 0. The number of nitrogens with zero attached hydrogens (tertiary/aromatic N) is 2. The Balaban J connectivity index is 2.11. The van der Waals surface area contributed by atoms with Gasteiger partial charge >= 0.3 is 0 Å². The maximum atomic E-state index is 13.1. The second-order valence-electron chi connectivity index (χ2n) is 6.50. The monoisotopic (exact) mass is 400 g/mol. The molecule has 2 heterocycles. The van der Waals surface area contributed by atoms with Gasteiger partial charge in [-0.25, -0.2) is 0 Å². The molecule has 1 aromatic heterocycles. The van der Waals surface area contributed by atoms with E-state index in [1.54, 1.807) is 18.2 Å². The number of thiazole rings is 1. The molecule has 0 aliphatic carbocycles. The number of hydrogen-bond acceptors (Lipinski definition) is 5. The largest absolute Gasteiger partial charge is 0.384 e. The fourth-order valence-electron chi connectivity index (χ4n) is 3.47. The van der Waals surface area contributed by atoms with E-state index in [4.69, 9.17) is 11.5 Å². The summed E-state index contributed by atoms with van der Waals surface area (Å²) in [5, 5.41) is 9.78. The van der Waals surface area contributed by atoms with Crippen LogP contribution in [0.15, 0.2) is 71.0 Å². The van der Waals surface area contributed by atoms with Crippen LogP contribution in [0.25, 0.3) is 17.5 Å². The molecule has 0 saturated heterocycles. The number of nitriles is 1. The van der Waals surface area contributed by atoms with Crippen LogP contribution < -0.4 is 26.2 Å². The molecule has 4 rings (SSSR count). The van der Waals surface area contributed by atoms with Gasteiger partial charge in [-0.15, -0.1) is 11.3 Å². The third kappa shape index (κ3) is 3.06. The first-order chi connectivity index (χ1) is 14.0. The molecule has 6 nitrogen and oxygen atoms in total. The van der Waals surface area contributed by atoms with Crippen LogP contribution in [0.1, 0.15) is 17.0 Å². The summed E-state index contributed by atoms with van der Waals surface area (Å²) in [5.74, 6) is -1.39. The quantitative estimate of drug-likeness (QED) is 0.677. The number of carbonyl (C=O) groups excluding carboxylic acids is 1. The second-order valence-corrected chi connectivity index (χ2v) is 7.53. The van der Waals surface area contributed by atoms with E-state index in [1.165, 1.54) is 4.57 Å². The highest BCUT2D eigenvalue weighted by Crippen LogP contribution is 2.35. The molecule has 0 fully saturated rings.